The number of hydrazine groups is 1. The van der Waals surface area contributed by atoms with Crippen LogP contribution in [0.2, 0.25) is 0 Å². The maximum absolute atomic E-state index is 12.0. The van der Waals surface area contributed by atoms with E-state index in [-0.39, 0.29) is 11.9 Å². The number of nitrogens with one attached hydrogen (secondary N) is 2. The highest BCUT2D eigenvalue weighted by Crippen LogP contribution is 2.07. The van der Waals surface area contributed by atoms with Crippen LogP contribution in [0.4, 0.5) is 5.82 Å². The third-order valence-corrected chi connectivity index (χ3v) is 2.63. The zero-order valence-electron chi connectivity index (χ0n) is 10.6. The summed E-state index contributed by atoms with van der Waals surface area (Å²) in [6.07, 6.45) is 3.79. The van der Waals surface area contributed by atoms with Crippen LogP contribution in [0.1, 0.15) is 23.0 Å². The van der Waals surface area contributed by atoms with E-state index in [1.165, 1.54) is 6.20 Å². The van der Waals surface area contributed by atoms with Gasteiger partial charge in [0.25, 0.3) is 5.91 Å². The maximum Gasteiger partial charge on any atom is 0.251 e. The van der Waals surface area contributed by atoms with Gasteiger partial charge in [-0.3, -0.25) is 4.79 Å². The molecule has 2 aromatic rings. The van der Waals surface area contributed by atoms with E-state index in [4.69, 9.17) is 10.3 Å². The van der Waals surface area contributed by atoms with Crippen molar-refractivity contribution in [2.45, 2.75) is 19.4 Å². The molecule has 0 aromatic carbocycles. The molecule has 0 aliphatic rings. The monoisotopic (exact) mass is 260 g/mol. The van der Waals surface area contributed by atoms with Crippen LogP contribution >= 0.6 is 0 Å². The van der Waals surface area contributed by atoms with Crippen LogP contribution in [0.15, 0.2) is 41.1 Å². The van der Waals surface area contributed by atoms with Gasteiger partial charge in [0.15, 0.2) is 0 Å². The number of carbonyl (C=O) groups is 1. The molecule has 2 aromatic heterocycles. The quantitative estimate of drug-likeness (QED) is 0.557. The lowest BCUT2D eigenvalue weighted by molar-refractivity contribution is 0.0939. The Bertz CT molecular complexity index is 539. The van der Waals surface area contributed by atoms with E-state index in [9.17, 15) is 4.79 Å². The fourth-order valence-corrected chi connectivity index (χ4v) is 1.74. The van der Waals surface area contributed by atoms with Crippen LogP contribution in [-0.2, 0) is 6.42 Å². The van der Waals surface area contributed by atoms with E-state index in [1.807, 2.05) is 19.1 Å². The van der Waals surface area contributed by atoms with Gasteiger partial charge in [0.05, 0.1) is 6.26 Å². The molecule has 6 nitrogen and oxygen atoms in total. The summed E-state index contributed by atoms with van der Waals surface area (Å²) < 4.78 is 5.24. The zero-order chi connectivity index (χ0) is 13.7. The Morgan fingerprint density at radius 3 is 3.05 bits per heavy atom. The second kappa shape index (κ2) is 6.01. The highest BCUT2D eigenvalue weighted by molar-refractivity contribution is 5.94. The van der Waals surface area contributed by atoms with E-state index in [0.29, 0.717) is 17.8 Å². The van der Waals surface area contributed by atoms with Crippen molar-refractivity contribution in [1.29, 1.82) is 0 Å². The molecule has 0 fully saturated rings. The van der Waals surface area contributed by atoms with Crippen molar-refractivity contribution in [1.82, 2.24) is 10.3 Å². The molecule has 0 saturated carbocycles. The van der Waals surface area contributed by atoms with Gasteiger partial charge in [-0.25, -0.2) is 10.8 Å². The predicted octanol–water partition coefficient (Wildman–Crippen LogP) is 1.32. The first-order valence-corrected chi connectivity index (χ1v) is 5.95. The number of nitrogens with two attached hydrogens (primary N) is 1. The van der Waals surface area contributed by atoms with Gasteiger partial charge in [0, 0.05) is 24.2 Å². The predicted molar refractivity (Wildman–Crippen MR) is 71.4 cm³/mol. The van der Waals surface area contributed by atoms with Crippen molar-refractivity contribution < 1.29 is 9.21 Å². The first kappa shape index (κ1) is 13.1. The molecule has 1 amide bonds. The molecule has 0 aliphatic heterocycles. The molecule has 4 N–H and O–H groups in total. The summed E-state index contributed by atoms with van der Waals surface area (Å²) >= 11 is 0. The lowest BCUT2D eigenvalue weighted by Crippen LogP contribution is -2.34. The van der Waals surface area contributed by atoms with Gasteiger partial charge in [-0.2, -0.15) is 0 Å². The number of nitrogens with zero attached hydrogens (tertiary/aromatic N) is 1. The standard InChI is InChI=1S/C13H16N4O2/c1-9(7-11-3-2-6-19-11)16-13(18)10-4-5-15-12(8-10)17-14/h2-6,8-9H,7,14H2,1H3,(H,15,17)(H,16,18). The number of hydrogen-bond acceptors (Lipinski definition) is 5. The second-order valence-electron chi connectivity index (χ2n) is 4.23. The van der Waals surface area contributed by atoms with Crippen molar-refractivity contribution in [3.8, 4) is 0 Å². The number of anilines is 1. The molecule has 6 heteroatoms. The minimum Gasteiger partial charge on any atom is -0.469 e. The fraction of sp³-hybridized carbons (Fsp3) is 0.231. The van der Waals surface area contributed by atoms with Gasteiger partial charge < -0.3 is 15.2 Å². The highest BCUT2D eigenvalue weighted by atomic mass is 16.3. The molecule has 0 saturated heterocycles. The number of nitrogen functional groups attached to an aromatic ring is 1. The van der Waals surface area contributed by atoms with E-state index in [0.717, 1.165) is 5.76 Å². The SMILES string of the molecule is CC(Cc1ccco1)NC(=O)c1ccnc(NN)c1. The number of aromatic nitrogens is 1. The number of pyridine rings is 1. The largest absolute Gasteiger partial charge is 0.469 e. The molecule has 1 atom stereocenters. The smallest absolute Gasteiger partial charge is 0.251 e. The van der Waals surface area contributed by atoms with E-state index in [1.54, 1.807) is 18.4 Å². The summed E-state index contributed by atoms with van der Waals surface area (Å²) in [6, 6.07) is 6.91. The van der Waals surface area contributed by atoms with Crippen LogP contribution in [0.5, 0.6) is 0 Å². The topological polar surface area (TPSA) is 93.2 Å². The second-order valence-corrected chi connectivity index (χ2v) is 4.23. The molecule has 1 unspecified atom stereocenters. The van der Waals surface area contributed by atoms with Crippen LogP contribution in [0.25, 0.3) is 0 Å². The third kappa shape index (κ3) is 3.56. The number of hydrogen-bond donors (Lipinski definition) is 3. The average molecular weight is 260 g/mol. The minimum atomic E-state index is -0.169. The molecule has 2 rings (SSSR count). The molecule has 100 valence electrons. The molecule has 19 heavy (non-hydrogen) atoms. The Kier molecular flexibility index (Phi) is 4.15. The van der Waals surface area contributed by atoms with Gasteiger partial charge in [0.2, 0.25) is 0 Å². The molecule has 2 heterocycles. The molecule has 0 spiro atoms. The van der Waals surface area contributed by atoms with Gasteiger partial charge in [-0.15, -0.1) is 0 Å². The average Bonchev–Trinajstić information content (AvgIpc) is 2.91. The molecule has 0 radical (unpaired) electrons. The fourth-order valence-electron chi connectivity index (χ4n) is 1.74. The normalized spacial score (nSPS) is 11.9. The lowest BCUT2D eigenvalue weighted by Gasteiger charge is -2.12. The summed E-state index contributed by atoms with van der Waals surface area (Å²) in [5.74, 6) is 6.38. The van der Waals surface area contributed by atoms with Crippen LogP contribution in [-0.4, -0.2) is 16.9 Å². The summed E-state index contributed by atoms with van der Waals surface area (Å²) in [5.41, 5.74) is 2.91. The third-order valence-electron chi connectivity index (χ3n) is 2.63. The van der Waals surface area contributed by atoms with E-state index >= 15 is 0 Å². The molecule has 0 bridgehead atoms. The van der Waals surface area contributed by atoms with E-state index in [2.05, 4.69) is 15.7 Å². The van der Waals surface area contributed by atoms with Gasteiger partial charge in [-0.05, 0) is 31.2 Å². The number of carbonyl (C=O) groups excluding carboxylic acids is 1. The molecular weight excluding hydrogens is 244 g/mol. The summed E-state index contributed by atoms with van der Waals surface area (Å²) in [6.45, 7) is 1.92. The summed E-state index contributed by atoms with van der Waals surface area (Å²) in [5, 5.41) is 2.89. The Morgan fingerprint density at radius 2 is 2.37 bits per heavy atom. The van der Waals surface area contributed by atoms with Crippen LogP contribution in [0.3, 0.4) is 0 Å². The molecule has 0 aliphatic carbocycles. The number of rotatable bonds is 5. The minimum absolute atomic E-state index is 0.0268. The van der Waals surface area contributed by atoms with Crippen LogP contribution < -0.4 is 16.6 Å². The van der Waals surface area contributed by atoms with Crippen molar-refractivity contribution >= 4 is 11.7 Å². The van der Waals surface area contributed by atoms with Gasteiger partial charge in [0.1, 0.15) is 11.6 Å². The number of furan rings is 1. The first-order chi connectivity index (χ1) is 9.19. The highest BCUT2D eigenvalue weighted by Gasteiger charge is 2.12. The van der Waals surface area contributed by atoms with Gasteiger partial charge in [-0.1, -0.05) is 0 Å². The summed E-state index contributed by atoms with van der Waals surface area (Å²) in [4.78, 5) is 16.0. The Balaban J connectivity index is 1.96. The van der Waals surface area contributed by atoms with Crippen molar-refractivity contribution in [3.63, 3.8) is 0 Å². The van der Waals surface area contributed by atoms with Crippen molar-refractivity contribution in [2.75, 3.05) is 5.43 Å². The molecular formula is C13H16N4O2. The summed E-state index contributed by atoms with van der Waals surface area (Å²) in [7, 11) is 0. The Labute approximate surface area is 111 Å². The Morgan fingerprint density at radius 1 is 1.53 bits per heavy atom. The Hall–Kier alpha value is -2.34. The van der Waals surface area contributed by atoms with Crippen molar-refractivity contribution in [3.05, 3.63) is 48.0 Å². The maximum atomic E-state index is 12.0. The number of amides is 1. The van der Waals surface area contributed by atoms with Crippen molar-refractivity contribution in [2.24, 2.45) is 5.84 Å². The van der Waals surface area contributed by atoms with Crippen LogP contribution in [0, 0.1) is 0 Å². The van der Waals surface area contributed by atoms with Gasteiger partial charge >= 0.3 is 0 Å². The van der Waals surface area contributed by atoms with E-state index < -0.39 is 0 Å². The lowest BCUT2D eigenvalue weighted by atomic mass is 10.1. The zero-order valence-corrected chi connectivity index (χ0v) is 10.6. The first-order valence-electron chi connectivity index (χ1n) is 5.95.